The number of benzene rings is 1. The number of aromatic nitrogens is 3. The Kier molecular flexibility index (Phi) is 5.82. The van der Waals surface area contributed by atoms with Gasteiger partial charge in [-0.1, -0.05) is 13.3 Å². The molecule has 0 atom stereocenters. The van der Waals surface area contributed by atoms with Gasteiger partial charge in [0.1, 0.15) is 17.8 Å². The molecule has 3 rings (SSSR count). The number of ether oxygens (including phenoxy) is 1. The third-order valence-corrected chi connectivity index (χ3v) is 3.69. The average molecular weight is 350 g/mol. The van der Waals surface area contributed by atoms with Crippen LogP contribution >= 0.6 is 0 Å². The largest absolute Gasteiger partial charge is 0.494 e. The van der Waals surface area contributed by atoms with E-state index in [1.54, 1.807) is 12.4 Å². The number of pyridine rings is 1. The molecule has 0 aliphatic rings. The molecule has 0 saturated heterocycles. The second kappa shape index (κ2) is 8.66. The molecule has 0 amide bonds. The van der Waals surface area contributed by atoms with Crippen molar-refractivity contribution in [2.24, 2.45) is 0 Å². The van der Waals surface area contributed by atoms with Crippen LogP contribution in [0.25, 0.3) is 0 Å². The van der Waals surface area contributed by atoms with Crippen LogP contribution in [0.3, 0.4) is 0 Å². The van der Waals surface area contributed by atoms with Gasteiger partial charge in [0, 0.05) is 11.9 Å². The predicted molar refractivity (Wildman–Crippen MR) is 104 cm³/mol. The Labute approximate surface area is 152 Å². The van der Waals surface area contributed by atoms with Crippen molar-refractivity contribution in [3.63, 3.8) is 0 Å². The van der Waals surface area contributed by atoms with Crippen LogP contribution in [0.2, 0.25) is 0 Å². The Bertz CT molecular complexity index is 823. The van der Waals surface area contributed by atoms with E-state index in [1.165, 1.54) is 6.33 Å². The van der Waals surface area contributed by atoms with Gasteiger partial charge in [-0.2, -0.15) is 0 Å². The number of hydrogen-bond acceptors (Lipinski definition) is 7. The molecule has 0 aliphatic carbocycles. The first-order chi connectivity index (χ1) is 12.8. The van der Waals surface area contributed by atoms with Gasteiger partial charge in [0.2, 0.25) is 0 Å². The summed E-state index contributed by atoms with van der Waals surface area (Å²) in [5.41, 5.74) is 8.29. The second-order valence-corrected chi connectivity index (χ2v) is 5.70. The quantitative estimate of drug-likeness (QED) is 0.526. The third kappa shape index (κ3) is 4.60. The molecule has 7 nitrogen and oxygen atoms in total. The van der Waals surface area contributed by atoms with E-state index in [9.17, 15) is 0 Å². The molecule has 0 fully saturated rings. The average Bonchev–Trinajstić information content (AvgIpc) is 2.67. The van der Waals surface area contributed by atoms with Gasteiger partial charge in [0.05, 0.1) is 18.5 Å². The van der Waals surface area contributed by atoms with Crippen molar-refractivity contribution >= 4 is 28.7 Å². The summed E-state index contributed by atoms with van der Waals surface area (Å²) in [5, 5.41) is 6.34. The van der Waals surface area contributed by atoms with E-state index in [-0.39, 0.29) is 0 Å². The van der Waals surface area contributed by atoms with Crippen LogP contribution in [0.5, 0.6) is 5.75 Å². The lowest BCUT2D eigenvalue weighted by atomic mass is 10.3. The summed E-state index contributed by atoms with van der Waals surface area (Å²) in [4.78, 5) is 12.5. The molecule has 2 heterocycles. The number of anilines is 5. The van der Waals surface area contributed by atoms with Crippen LogP contribution in [0, 0.1) is 0 Å². The minimum absolute atomic E-state index is 0.430. The van der Waals surface area contributed by atoms with E-state index in [2.05, 4.69) is 32.5 Å². The molecule has 0 saturated carbocycles. The highest BCUT2D eigenvalue weighted by Gasteiger charge is 2.09. The van der Waals surface area contributed by atoms with Crippen molar-refractivity contribution in [3.05, 3.63) is 55.1 Å². The van der Waals surface area contributed by atoms with Gasteiger partial charge in [0.15, 0.2) is 11.6 Å². The summed E-state index contributed by atoms with van der Waals surface area (Å²) in [7, 11) is 0. The number of nitrogen functional groups attached to an aromatic ring is 1. The van der Waals surface area contributed by atoms with E-state index in [0.717, 1.165) is 36.6 Å². The maximum absolute atomic E-state index is 6.19. The molecule has 0 aliphatic heterocycles. The zero-order valence-electron chi connectivity index (χ0n) is 14.6. The smallest absolute Gasteiger partial charge is 0.159 e. The molecule has 2 aromatic heterocycles. The summed E-state index contributed by atoms with van der Waals surface area (Å²) < 4.78 is 5.67. The molecule has 0 spiro atoms. The Morgan fingerprint density at radius 1 is 1.00 bits per heavy atom. The first-order valence-electron chi connectivity index (χ1n) is 8.53. The SMILES string of the molecule is CCCCOc1ccc(Nc2ncnc(Nc3cccnc3)c2N)cc1. The maximum atomic E-state index is 6.19. The van der Waals surface area contributed by atoms with Crippen LogP contribution in [-0.4, -0.2) is 21.6 Å². The lowest BCUT2D eigenvalue weighted by Gasteiger charge is -2.13. The lowest BCUT2D eigenvalue weighted by molar-refractivity contribution is 0.309. The number of hydrogen-bond donors (Lipinski definition) is 3. The van der Waals surface area contributed by atoms with E-state index in [4.69, 9.17) is 10.5 Å². The summed E-state index contributed by atoms with van der Waals surface area (Å²) in [6, 6.07) is 11.4. The van der Waals surface area contributed by atoms with Crippen molar-refractivity contribution in [1.29, 1.82) is 0 Å². The summed E-state index contributed by atoms with van der Waals surface area (Å²) in [5.74, 6) is 1.90. The highest BCUT2D eigenvalue weighted by atomic mass is 16.5. The molecule has 0 radical (unpaired) electrons. The summed E-state index contributed by atoms with van der Waals surface area (Å²) in [6.07, 6.45) is 7.02. The Hall–Kier alpha value is -3.35. The van der Waals surface area contributed by atoms with E-state index in [0.29, 0.717) is 17.3 Å². The molecule has 26 heavy (non-hydrogen) atoms. The number of nitrogens with zero attached hydrogens (tertiary/aromatic N) is 3. The van der Waals surface area contributed by atoms with Gasteiger partial charge in [-0.3, -0.25) is 4.98 Å². The molecule has 4 N–H and O–H groups in total. The third-order valence-electron chi connectivity index (χ3n) is 3.69. The van der Waals surface area contributed by atoms with Gasteiger partial charge in [-0.25, -0.2) is 9.97 Å². The van der Waals surface area contributed by atoms with E-state index >= 15 is 0 Å². The first-order valence-corrected chi connectivity index (χ1v) is 8.53. The second-order valence-electron chi connectivity index (χ2n) is 5.70. The summed E-state index contributed by atoms with van der Waals surface area (Å²) in [6.45, 7) is 2.87. The predicted octanol–water partition coefficient (Wildman–Crippen LogP) is 4.12. The molecule has 1 aromatic carbocycles. The first kappa shape index (κ1) is 17.5. The van der Waals surface area contributed by atoms with Gasteiger partial charge < -0.3 is 21.1 Å². The standard InChI is InChI=1S/C19H22N6O/c1-2-3-11-26-16-8-6-14(7-9-16)24-18-17(20)19(23-13-22-18)25-15-5-4-10-21-12-15/h4-10,12-13H,2-3,11,20H2,1H3,(H2,22,23,24,25). The van der Waals surface area contributed by atoms with Crippen LogP contribution in [-0.2, 0) is 0 Å². The van der Waals surface area contributed by atoms with Gasteiger partial charge in [0.25, 0.3) is 0 Å². The molecule has 3 aromatic rings. The zero-order valence-corrected chi connectivity index (χ0v) is 14.6. The van der Waals surface area contributed by atoms with E-state index < -0.39 is 0 Å². The number of nitrogens with two attached hydrogens (primary N) is 1. The fraction of sp³-hybridized carbons (Fsp3) is 0.211. The van der Waals surface area contributed by atoms with Crippen molar-refractivity contribution in [2.45, 2.75) is 19.8 Å². The maximum Gasteiger partial charge on any atom is 0.159 e. The highest BCUT2D eigenvalue weighted by Crippen LogP contribution is 2.28. The number of nitrogens with one attached hydrogen (secondary N) is 2. The van der Waals surface area contributed by atoms with Gasteiger partial charge in [-0.15, -0.1) is 0 Å². The molecular formula is C19H22N6O. The summed E-state index contributed by atoms with van der Waals surface area (Å²) >= 11 is 0. The Morgan fingerprint density at radius 2 is 1.73 bits per heavy atom. The van der Waals surface area contributed by atoms with Gasteiger partial charge in [-0.05, 0) is 42.8 Å². The topological polar surface area (TPSA) is 98.0 Å². The molecule has 134 valence electrons. The highest BCUT2D eigenvalue weighted by molar-refractivity contribution is 5.80. The van der Waals surface area contributed by atoms with Crippen LogP contribution < -0.4 is 21.1 Å². The normalized spacial score (nSPS) is 10.3. The van der Waals surface area contributed by atoms with Crippen LogP contribution in [0.15, 0.2) is 55.1 Å². The zero-order chi connectivity index (χ0) is 18.2. The van der Waals surface area contributed by atoms with Crippen molar-refractivity contribution in [1.82, 2.24) is 15.0 Å². The Balaban J connectivity index is 1.69. The van der Waals surface area contributed by atoms with Crippen molar-refractivity contribution in [3.8, 4) is 5.75 Å². The minimum atomic E-state index is 0.430. The minimum Gasteiger partial charge on any atom is -0.494 e. The molecule has 0 unspecified atom stereocenters. The van der Waals surface area contributed by atoms with Crippen LogP contribution in [0.1, 0.15) is 19.8 Å². The van der Waals surface area contributed by atoms with Crippen LogP contribution in [0.4, 0.5) is 28.7 Å². The van der Waals surface area contributed by atoms with Gasteiger partial charge >= 0.3 is 0 Å². The fourth-order valence-corrected chi connectivity index (χ4v) is 2.27. The van der Waals surface area contributed by atoms with Crippen molar-refractivity contribution < 1.29 is 4.74 Å². The molecule has 7 heteroatoms. The fourth-order valence-electron chi connectivity index (χ4n) is 2.27. The molecule has 0 bridgehead atoms. The Morgan fingerprint density at radius 3 is 2.38 bits per heavy atom. The number of rotatable bonds is 8. The number of unbranched alkanes of at least 4 members (excludes halogenated alkanes) is 1. The monoisotopic (exact) mass is 350 g/mol. The van der Waals surface area contributed by atoms with Crippen molar-refractivity contribution in [2.75, 3.05) is 23.0 Å². The molecular weight excluding hydrogens is 328 g/mol. The van der Waals surface area contributed by atoms with E-state index in [1.807, 2.05) is 36.4 Å². The lowest BCUT2D eigenvalue weighted by Crippen LogP contribution is -2.05.